The van der Waals surface area contributed by atoms with Gasteiger partial charge in [0, 0.05) is 37.6 Å². The van der Waals surface area contributed by atoms with E-state index in [2.05, 4.69) is 11.8 Å². The molecule has 5 nitrogen and oxygen atoms in total. The molecule has 7 heteroatoms. The van der Waals surface area contributed by atoms with Crippen LogP contribution in [0.5, 0.6) is 0 Å². The average molecular weight is 520 g/mol. The second-order valence-corrected chi connectivity index (χ2v) is 13.1. The van der Waals surface area contributed by atoms with Crippen LogP contribution < -0.4 is 0 Å². The van der Waals surface area contributed by atoms with Gasteiger partial charge in [-0.3, -0.25) is 9.59 Å². The molecule has 4 aliphatic carbocycles. The van der Waals surface area contributed by atoms with Gasteiger partial charge in [-0.25, -0.2) is 4.39 Å². The summed E-state index contributed by atoms with van der Waals surface area (Å²) in [6.07, 6.45) is 7.22. The number of piperazine rings is 1. The Morgan fingerprint density at radius 1 is 1.03 bits per heavy atom. The Kier molecular flexibility index (Phi) is 5.50. The summed E-state index contributed by atoms with van der Waals surface area (Å²) >= 11 is 1.60. The van der Waals surface area contributed by atoms with Crippen molar-refractivity contribution in [3.63, 3.8) is 0 Å². The van der Waals surface area contributed by atoms with Crippen molar-refractivity contribution in [3.8, 4) is 0 Å². The summed E-state index contributed by atoms with van der Waals surface area (Å²) in [6, 6.07) is 10.6. The van der Waals surface area contributed by atoms with E-state index in [4.69, 9.17) is 0 Å². The number of hydrogen-bond acceptors (Lipinski definition) is 3. The number of thiophene rings is 1. The lowest BCUT2D eigenvalue weighted by atomic mass is 9.49. The number of halogens is 1. The van der Waals surface area contributed by atoms with E-state index in [-0.39, 0.29) is 23.2 Å². The summed E-state index contributed by atoms with van der Waals surface area (Å²) in [4.78, 5) is 32.8. The third kappa shape index (κ3) is 3.92. The summed E-state index contributed by atoms with van der Waals surface area (Å²) in [5.74, 6) is 2.32. The highest BCUT2D eigenvalue weighted by atomic mass is 32.1. The van der Waals surface area contributed by atoms with Crippen molar-refractivity contribution in [2.75, 3.05) is 19.6 Å². The molecule has 37 heavy (non-hydrogen) atoms. The van der Waals surface area contributed by atoms with Gasteiger partial charge in [0.05, 0.1) is 5.41 Å². The molecule has 1 atom stereocenters. The van der Waals surface area contributed by atoms with Gasteiger partial charge in [-0.2, -0.15) is 0 Å². The molecule has 8 rings (SSSR count). The van der Waals surface area contributed by atoms with Crippen molar-refractivity contribution in [1.29, 1.82) is 0 Å². The molecule has 1 saturated heterocycles. The molecule has 194 valence electrons. The normalized spacial score (nSPS) is 30.9. The van der Waals surface area contributed by atoms with Crippen LogP contribution in [-0.2, 0) is 11.3 Å². The number of rotatable bonds is 4. The van der Waals surface area contributed by atoms with Gasteiger partial charge in [0.1, 0.15) is 16.3 Å². The fourth-order valence-corrected chi connectivity index (χ4v) is 9.31. The van der Waals surface area contributed by atoms with Crippen LogP contribution in [0.25, 0.3) is 10.2 Å². The maximum atomic E-state index is 14.0. The SMILES string of the molecule is C[C@@H]1CN(C(=O)c2cc3ccsc3n2Cc2cccc(F)c2)CCN1C(=O)C12CC3CC(CC(C3)C1)C2. The van der Waals surface area contributed by atoms with Gasteiger partial charge in [0.25, 0.3) is 5.91 Å². The highest BCUT2D eigenvalue weighted by Crippen LogP contribution is 2.60. The van der Waals surface area contributed by atoms with Crippen molar-refractivity contribution in [2.45, 2.75) is 58.0 Å². The summed E-state index contributed by atoms with van der Waals surface area (Å²) in [7, 11) is 0. The molecule has 0 N–H and O–H groups in total. The van der Waals surface area contributed by atoms with Crippen LogP contribution >= 0.6 is 11.3 Å². The minimum absolute atomic E-state index is 0.00551. The van der Waals surface area contributed by atoms with E-state index in [1.165, 1.54) is 31.4 Å². The van der Waals surface area contributed by atoms with Crippen molar-refractivity contribution in [2.24, 2.45) is 23.2 Å². The molecule has 1 aliphatic heterocycles. The lowest BCUT2D eigenvalue weighted by Gasteiger charge is -2.57. The predicted octanol–water partition coefficient (Wildman–Crippen LogP) is 5.78. The quantitative estimate of drug-likeness (QED) is 0.439. The second-order valence-electron chi connectivity index (χ2n) is 12.2. The molecule has 5 fully saturated rings. The first-order chi connectivity index (χ1) is 17.9. The molecule has 5 aliphatic rings. The monoisotopic (exact) mass is 519 g/mol. The molecule has 1 aromatic carbocycles. The van der Waals surface area contributed by atoms with Crippen molar-refractivity contribution in [1.82, 2.24) is 14.4 Å². The van der Waals surface area contributed by atoms with Crippen LogP contribution in [0.3, 0.4) is 0 Å². The molecule has 0 spiro atoms. The number of benzene rings is 1. The third-order valence-corrected chi connectivity index (χ3v) is 10.6. The molecule has 4 bridgehead atoms. The molecule has 3 aromatic rings. The Labute approximate surface area is 221 Å². The predicted molar refractivity (Wildman–Crippen MR) is 143 cm³/mol. The van der Waals surface area contributed by atoms with Gasteiger partial charge in [0.15, 0.2) is 0 Å². The van der Waals surface area contributed by atoms with E-state index in [1.54, 1.807) is 17.4 Å². The minimum atomic E-state index is -0.270. The number of amides is 2. The minimum Gasteiger partial charge on any atom is -0.336 e. The van der Waals surface area contributed by atoms with Crippen LogP contribution in [0.1, 0.15) is 61.5 Å². The van der Waals surface area contributed by atoms with Crippen LogP contribution in [0.2, 0.25) is 0 Å². The standard InChI is InChI=1S/C30H34FN3O2S/c1-19-17-32(6-7-33(19)29(36)30-14-21-9-22(15-30)11-23(10-21)16-30)27(35)26-13-24-5-8-37-28(24)34(26)18-20-3-2-4-25(31)12-20/h2-5,8,12-13,19,21-23H,6-7,9-11,14-18H2,1H3/t19-,21?,22?,23?,30?/m1/s1. The molecule has 0 radical (unpaired) electrons. The van der Waals surface area contributed by atoms with Gasteiger partial charge in [0.2, 0.25) is 5.91 Å². The number of nitrogens with zero attached hydrogens (tertiary/aromatic N) is 3. The van der Waals surface area contributed by atoms with Gasteiger partial charge in [-0.15, -0.1) is 11.3 Å². The van der Waals surface area contributed by atoms with Crippen molar-refractivity contribution in [3.05, 3.63) is 58.9 Å². The summed E-state index contributed by atoms with van der Waals surface area (Å²) < 4.78 is 15.9. The Balaban J connectivity index is 1.10. The highest BCUT2D eigenvalue weighted by molar-refractivity contribution is 7.16. The molecule has 4 saturated carbocycles. The van der Waals surface area contributed by atoms with Gasteiger partial charge < -0.3 is 14.4 Å². The Morgan fingerprint density at radius 3 is 2.43 bits per heavy atom. The van der Waals surface area contributed by atoms with Crippen LogP contribution in [0.4, 0.5) is 4.39 Å². The molecule has 2 amide bonds. The van der Waals surface area contributed by atoms with Crippen molar-refractivity contribution >= 4 is 33.4 Å². The smallest absolute Gasteiger partial charge is 0.270 e. The number of carbonyl (C=O) groups is 2. The lowest BCUT2D eigenvalue weighted by Crippen LogP contribution is -2.61. The van der Waals surface area contributed by atoms with E-state index in [9.17, 15) is 14.0 Å². The zero-order chi connectivity index (χ0) is 25.3. The van der Waals surface area contributed by atoms with E-state index >= 15 is 0 Å². The van der Waals surface area contributed by atoms with E-state index < -0.39 is 0 Å². The molecule has 3 heterocycles. The Morgan fingerprint density at radius 2 is 1.76 bits per heavy atom. The zero-order valence-corrected chi connectivity index (χ0v) is 22.2. The van der Waals surface area contributed by atoms with Crippen LogP contribution in [-0.4, -0.2) is 51.9 Å². The van der Waals surface area contributed by atoms with Crippen molar-refractivity contribution < 1.29 is 14.0 Å². The summed E-state index contributed by atoms with van der Waals surface area (Å²) in [5.41, 5.74) is 1.33. The lowest BCUT2D eigenvalue weighted by molar-refractivity contribution is -0.161. The first-order valence-corrected chi connectivity index (χ1v) is 14.7. The third-order valence-electron chi connectivity index (χ3n) is 9.62. The molecular formula is C30H34FN3O2S. The summed E-state index contributed by atoms with van der Waals surface area (Å²) in [5, 5.41) is 3.06. The van der Waals surface area contributed by atoms with E-state index in [0.29, 0.717) is 37.8 Å². The fraction of sp³-hybridized carbons (Fsp3) is 0.533. The fourth-order valence-electron chi connectivity index (χ4n) is 8.41. The largest absolute Gasteiger partial charge is 0.336 e. The Hall–Kier alpha value is -2.67. The average Bonchev–Trinajstić information content (AvgIpc) is 3.45. The first kappa shape index (κ1) is 23.4. The van der Waals surface area contributed by atoms with E-state index in [0.717, 1.165) is 52.8 Å². The first-order valence-electron chi connectivity index (χ1n) is 13.8. The van der Waals surface area contributed by atoms with Gasteiger partial charge in [-0.1, -0.05) is 12.1 Å². The van der Waals surface area contributed by atoms with E-state index in [1.807, 2.05) is 33.0 Å². The molecule has 2 aromatic heterocycles. The molecular weight excluding hydrogens is 485 g/mol. The maximum absolute atomic E-state index is 14.0. The summed E-state index contributed by atoms with van der Waals surface area (Å²) in [6.45, 7) is 4.26. The van der Waals surface area contributed by atoms with Crippen LogP contribution in [0, 0.1) is 29.0 Å². The second kappa shape index (κ2) is 8.69. The molecule has 0 unspecified atom stereocenters. The zero-order valence-electron chi connectivity index (χ0n) is 21.4. The highest BCUT2D eigenvalue weighted by Gasteiger charge is 2.56. The number of hydrogen-bond donors (Lipinski definition) is 0. The Bertz CT molecular complexity index is 1340. The maximum Gasteiger partial charge on any atom is 0.270 e. The van der Waals surface area contributed by atoms with Gasteiger partial charge in [-0.05, 0) is 98.4 Å². The number of fused-ring (bicyclic) bond motifs is 1. The number of aromatic nitrogens is 1. The number of carbonyl (C=O) groups excluding carboxylic acids is 2. The van der Waals surface area contributed by atoms with Gasteiger partial charge >= 0.3 is 0 Å². The van der Waals surface area contributed by atoms with Crippen LogP contribution in [0.15, 0.2) is 41.8 Å². The topological polar surface area (TPSA) is 45.6 Å².